The van der Waals surface area contributed by atoms with Crippen molar-refractivity contribution in [1.82, 2.24) is 0 Å². The van der Waals surface area contributed by atoms with Crippen LogP contribution in [-0.2, 0) is 9.53 Å². The van der Waals surface area contributed by atoms with Gasteiger partial charge in [-0.15, -0.1) is 0 Å². The maximum Gasteiger partial charge on any atom is 0.313 e. The average molecular weight is 261 g/mol. The Hall–Kier alpha value is -1.35. The molecule has 104 valence electrons. The van der Waals surface area contributed by atoms with Gasteiger partial charge in [0.1, 0.15) is 0 Å². The average Bonchev–Trinajstić information content (AvgIpc) is 2.31. The third kappa shape index (κ3) is 2.16. The summed E-state index contributed by atoms with van der Waals surface area (Å²) in [7, 11) is 1.45. The van der Waals surface area contributed by atoms with E-state index >= 15 is 0 Å². The first kappa shape index (κ1) is 14.1. The first-order valence-corrected chi connectivity index (χ1v) is 6.84. The lowest BCUT2D eigenvalue weighted by Crippen LogP contribution is -2.47. The number of methoxy groups -OCH3 is 1. The second kappa shape index (κ2) is 4.97. The summed E-state index contributed by atoms with van der Waals surface area (Å²) in [5.41, 5.74) is 10.6. The molecule has 1 atom stereocenters. The fourth-order valence-corrected chi connectivity index (χ4v) is 3.02. The molecule has 0 radical (unpaired) electrons. The molecule has 1 aromatic rings. The summed E-state index contributed by atoms with van der Waals surface area (Å²) < 4.78 is 4.98. The lowest BCUT2D eigenvalue weighted by atomic mass is 9.62. The van der Waals surface area contributed by atoms with Gasteiger partial charge in [0.25, 0.3) is 0 Å². The molecule has 2 rings (SSSR count). The molecule has 0 aliphatic heterocycles. The zero-order chi connectivity index (χ0) is 14.2. The van der Waals surface area contributed by atoms with E-state index in [0.717, 1.165) is 30.4 Å². The third-order valence-electron chi connectivity index (χ3n) is 4.65. The zero-order valence-corrected chi connectivity index (χ0v) is 12.2. The first-order valence-electron chi connectivity index (χ1n) is 6.84. The second-order valence-corrected chi connectivity index (χ2v) is 5.77. The van der Waals surface area contributed by atoms with Crippen LogP contribution < -0.4 is 5.73 Å². The molecule has 1 saturated carbocycles. The molecule has 1 aliphatic rings. The quantitative estimate of drug-likeness (QED) is 0.851. The normalized spacial score (nSPS) is 18.6. The predicted octanol–water partition coefficient (Wildman–Crippen LogP) is 2.95. The van der Waals surface area contributed by atoms with Crippen molar-refractivity contribution < 1.29 is 9.53 Å². The van der Waals surface area contributed by atoms with E-state index in [0.29, 0.717) is 0 Å². The van der Waals surface area contributed by atoms with Crippen molar-refractivity contribution in [3.8, 4) is 0 Å². The number of aryl methyl sites for hydroxylation is 3. The van der Waals surface area contributed by atoms with E-state index in [9.17, 15) is 4.79 Å². The Labute approximate surface area is 115 Å². The van der Waals surface area contributed by atoms with E-state index in [4.69, 9.17) is 10.5 Å². The predicted molar refractivity (Wildman–Crippen MR) is 75.9 cm³/mol. The molecule has 0 bridgehead atoms. The number of rotatable bonds is 3. The molecule has 2 N–H and O–H groups in total. The number of hydrogen-bond acceptors (Lipinski definition) is 3. The molecule has 19 heavy (non-hydrogen) atoms. The summed E-state index contributed by atoms with van der Waals surface area (Å²) in [4.78, 5) is 12.1. The zero-order valence-electron chi connectivity index (χ0n) is 12.2. The molecule has 1 aliphatic carbocycles. The number of nitrogens with two attached hydrogens (primary N) is 1. The Bertz CT molecular complexity index is 504. The molecular weight excluding hydrogens is 238 g/mol. The van der Waals surface area contributed by atoms with Crippen LogP contribution in [0, 0.1) is 26.2 Å². The minimum Gasteiger partial charge on any atom is -0.469 e. The van der Waals surface area contributed by atoms with Gasteiger partial charge in [-0.05, 0) is 55.9 Å². The van der Waals surface area contributed by atoms with Crippen molar-refractivity contribution >= 4 is 5.97 Å². The van der Waals surface area contributed by atoms with Crippen molar-refractivity contribution in [3.63, 3.8) is 0 Å². The molecule has 0 heterocycles. The minimum atomic E-state index is -0.513. The van der Waals surface area contributed by atoms with Crippen molar-refractivity contribution in [2.45, 2.75) is 46.1 Å². The Morgan fingerprint density at radius 1 is 1.21 bits per heavy atom. The maximum atomic E-state index is 12.1. The number of esters is 1. The van der Waals surface area contributed by atoms with Crippen LogP contribution in [0.3, 0.4) is 0 Å². The van der Waals surface area contributed by atoms with Crippen LogP contribution in [0.5, 0.6) is 0 Å². The molecule has 1 fully saturated rings. The molecule has 0 amide bonds. The van der Waals surface area contributed by atoms with E-state index in [1.165, 1.54) is 18.2 Å². The Kier molecular flexibility index (Phi) is 3.68. The SMILES string of the molecule is COC(=O)C1(C(N)c2cc(C)c(C)cc2C)CCC1. The van der Waals surface area contributed by atoms with Crippen LogP contribution in [0.4, 0.5) is 0 Å². The van der Waals surface area contributed by atoms with Gasteiger partial charge in [0.05, 0.1) is 12.5 Å². The number of ether oxygens (including phenoxy) is 1. The van der Waals surface area contributed by atoms with Gasteiger partial charge < -0.3 is 10.5 Å². The molecule has 1 unspecified atom stereocenters. The lowest BCUT2D eigenvalue weighted by Gasteiger charge is -2.44. The largest absolute Gasteiger partial charge is 0.469 e. The monoisotopic (exact) mass is 261 g/mol. The van der Waals surface area contributed by atoms with Gasteiger partial charge in [0, 0.05) is 6.04 Å². The number of carbonyl (C=O) groups is 1. The first-order chi connectivity index (χ1) is 8.92. The van der Waals surface area contributed by atoms with Crippen molar-refractivity contribution in [1.29, 1.82) is 0 Å². The Morgan fingerprint density at radius 3 is 2.26 bits per heavy atom. The summed E-state index contributed by atoms with van der Waals surface area (Å²) in [6, 6.07) is 4.00. The second-order valence-electron chi connectivity index (χ2n) is 5.77. The summed E-state index contributed by atoms with van der Waals surface area (Å²) in [5.74, 6) is -0.163. The standard InChI is InChI=1S/C16H23NO2/c1-10-8-12(3)13(9-11(10)2)14(17)16(6-5-7-16)15(18)19-4/h8-9,14H,5-7,17H2,1-4H3. The fraction of sp³-hybridized carbons (Fsp3) is 0.562. The molecule has 0 spiro atoms. The van der Waals surface area contributed by atoms with Crippen LogP contribution in [0.2, 0.25) is 0 Å². The summed E-state index contributed by atoms with van der Waals surface area (Å²) in [5, 5.41) is 0. The number of benzene rings is 1. The highest BCUT2D eigenvalue weighted by Gasteiger charge is 2.50. The number of hydrogen-bond donors (Lipinski definition) is 1. The molecule has 0 aromatic heterocycles. The Balaban J connectivity index is 2.41. The fourth-order valence-electron chi connectivity index (χ4n) is 3.02. The highest BCUT2D eigenvalue weighted by atomic mass is 16.5. The third-order valence-corrected chi connectivity index (χ3v) is 4.65. The van der Waals surface area contributed by atoms with Crippen molar-refractivity contribution in [3.05, 3.63) is 34.4 Å². The van der Waals surface area contributed by atoms with Crippen LogP contribution in [-0.4, -0.2) is 13.1 Å². The van der Waals surface area contributed by atoms with Crippen LogP contribution >= 0.6 is 0 Å². The van der Waals surface area contributed by atoms with E-state index < -0.39 is 5.41 Å². The summed E-state index contributed by atoms with van der Waals surface area (Å²) in [6.45, 7) is 6.24. The van der Waals surface area contributed by atoms with Crippen molar-refractivity contribution in [2.24, 2.45) is 11.1 Å². The van der Waals surface area contributed by atoms with E-state index in [-0.39, 0.29) is 12.0 Å². The van der Waals surface area contributed by atoms with Gasteiger partial charge in [-0.25, -0.2) is 0 Å². The molecule has 0 saturated heterocycles. The molecule has 3 nitrogen and oxygen atoms in total. The van der Waals surface area contributed by atoms with Crippen LogP contribution in [0.15, 0.2) is 12.1 Å². The van der Waals surface area contributed by atoms with Gasteiger partial charge in [-0.1, -0.05) is 18.6 Å². The highest BCUT2D eigenvalue weighted by Crippen LogP contribution is 2.50. The molecule has 3 heteroatoms. The minimum absolute atomic E-state index is 0.163. The van der Waals surface area contributed by atoms with E-state index in [1.54, 1.807) is 0 Å². The lowest BCUT2D eigenvalue weighted by molar-refractivity contribution is -0.160. The summed E-state index contributed by atoms with van der Waals surface area (Å²) >= 11 is 0. The van der Waals surface area contributed by atoms with Crippen LogP contribution in [0.25, 0.3) is 0 Å². The smallest absolute Gasteiger partial charge is 0.313 e. The topological polar surface area (TPSA) is 52.3 Å². The van der Waals surface area contributed by atoms with E-state index in [1.807, 2.05) is 0 Å². The van der Waals surface area contributed by atoms with Crippen molar-refractivity contribution in [2.75, 3.05) is 7.11 Å². The van der Waals surface area contributed by atoms with Gasteiger partial charge in [0.15, 0.2) is 0 Å². The Morgan fingerprint density at radius 2 is 1.79 bits per heavy atom. The van der Waals surface area contributed by atoms with Gasteiger partial charge in [-0.2, -0.15) is 0 Å². The van der Waals surface area contributed by atoms with Gasteiger partial charge >= 0.3 is 5.97 Å². The van der Waals surface area contributed by atoms with Crippen LogP contribution in [0.1, 0.15) is 47.6 Å². The highest BCUT2D eigenvalue weighted by molar-refractivity contribution is 5.79. The number of carbonyl (C=O) groups excluding carboxylic acids is 1. The maximum absolute atomic E-state index is 12.1. The van der Waals surface area contributed by atoms with E-state index in [2.05, 4.69) is 32.9 Å². The summed E-state index contributed by atoms with van der Waals surface area (Å²) in [6.07, 6.45) is 2.70. The molecule has 1 aromatic carbocycles. The van der Waals surface area contributed by atoms with Gasteiger partial charge in [-0.3, -0.25) is 4.79 Å². The molecular formula is C16H23NO2. The van der Waals surface area contributed by atoms with Gasteiger partial charge in [0.2, 0.25) is 0 Å².